The molecule has 12 atom stereocenters. The van der Waals surface area contributed by atoms with E-state index < -0.39 is 11.7 Å². The van der Waals surface area contributed by atoms with Crippen LogP contribution in [-0.2, 0) is 38.0 Å². The lowest BCUT2D eigenvalue weighted by atomic mass is 9.40. The molecular weight excluding hydrogens is 416 g/mol. The van der Waals surface area contributed by atoms with Gasteiger partial charge in [0.1, 0.15) is 11.7 Å². The third-order valence-corrected chi connectivity index (χ3v) is 9.99. The maximum absolute atomic E-state index is 12.2. The Kier molecular flexibility index (Phi) is 4.84. The van der Waals surface area contributed by atoms with E-state index in [1.807, 2.05) is 0 Å². The van der Waals surface area contributed by atoms with E-state index in [4.69, 9.17) is 33.2 Å². The fraction of sp³-hybridized carbons (Fsp3) is 0.958. The summed E-state index contributed by atoms with van der Waals surface area (Å²) in [5, 5.41) is 0. The van der Waals surface area contributed by atoms with E-state index in [0.717, 1.165) is 32.1 Å². The Morgan fingerprint density at radius 1 is 1.03 bits per heavy atom. The number of methoxy groups -OCH3 is 2. The number of carbonyl (C=O) groups is 1. The molecule has 5 aliphatic heterocycles. The van der Waals surface area contributed by atoms with Gasteiger partial charge in [0.05, 0.1) is 24.2 Å². The third kappa shape index (κ3) is 2.62. The summed E-state index contributed by atoms with van der Waals surface area (Å²) in [4.78, 5) is 12.2. The van der Waals surface area contributed by atoms with Crippen molar-refractivity contribution in [2.45, 2.75) is 95.7 Å². The molecule has 7 fully saturated rings. The molecule has 0 N–H and O–H groups in total. The number of hydrogen-bond acceptors (Lipinski definition) is 8. The topological polar surface area (TPSA) is 85.0 Å². The Morgan fingerprint density at radius 3 is 2.44 bits per heavy atom. The zero-order valence-electron chi connectivity index (χ0n) is 19.7. The summed E-state index contributed by atoms with van der Waals surface area (Å²) in [6.07, 6.45) is 3.26. The molecule has 0 aromatic rings. The van der Waals surface area contributed by atoms with Crippen molar-refractivity contribution in [3.63, 3.8) is 0 Å². The van der Waals surface area contributed by atoms with E-state index in [-0.39, 0.29) is 59.7 Å². The fourth-order valence-corrected chi connectivity index (χ4v) is 8.39. The van der Waals surface area contributed by atoms with Crippen LogP contribution in [0.15, 0.2) is 0 Å². The van der Waals surface area contributed by atoms with Crippen molar-refractivity contribution in [1.29, 1.82) is 0 Å². The molecule has 32 heavy (non-hydrogen) atoms. The normalized spacial score (nSPS) is 58.0. The van der Waals surface area contributed by atoms with E-state index >= 15 is 0 Å². The van der Waals surface area contributed by atoms with E-state index in [9.17, 15) is 4.79 Å². The average Bonchev–Trinajstić information content (AvgIpc) is 3.22. The van der Waals surface area contributed by atoms with Crippen LogP contribution < -0.4 is 0 Å². The lowest BCUT2D eigenvalue weighted by Gasteiger charge is -2.69. The van der Waals surface area contributed by atoms with Crippen LogP contribution in [0.1, 0.15) is 52.9 Å². The van der Waals surface area contributed by atoms with E-state index in [2.05, 4.69) is 13.8 Å². The molecule has 7 rings (SSSR count). The van der Waals surface area contributed by atoms with Crippen LogP contribution in [0.3, 0.4) is 0 Å². The standard InChI is InChI=1S/C24H36O8/c1-12-6-18(29-13(2)25)24-16(9-15(30-21(24)27-5)10-23(24)11-28-23)22(12,3)17-7-14-8-19(26-4)32-20(14)31-17/h12,14-21H,6-11H2,1-5H3/t12-,14+,15-,16-,17+,18+,19-,20-,21+,22+,23+,24+/m1/s1. The number of rotatable bonds is 4. The molecule has 2 spiro atoms. The number of hydrogen-bond donors (Lipinski definition) is 0. The Hall–Kier alpha value is -0.770. The molecule has 5 heterocycles. The summed E-state index contributed by atoms with van der Waals surface area (Å²) < 4.78 is 42.7. The minimum absolute atomic E-state index is 0.0538. The molecule has 2 bridgehead atoms. The SMILES string of the molecule is CO[C@H]1C[C@@H]2C[C@@H]([C@@]3(C)[C@H](C)C[C@H](OC(C)=O)[C@]45[C@@H](OC)O[C@H](C[C@H]34)C[C@]53CO3)O[C@@H]2O1. The monoisotopic (exact) mass is 452 g/mol. The predicted octanol–water partition coefficient (Wildman–Crippen LogP) is 2.62. The fourth-order valence-electron chi connectivity index (χ4n) is 8.39. The number of esters is 1. The van der Waals surface area contributed by atoms with Crippen molar-refractivity contribution in [2.75, 3.05) is 20.8 Å². The summed E-state index contributed by atoms with van der Waals surface area (Å²) in [7, 11) is 3.38. The zero-order chi connectivity index (χ0) is 22.5. The first kappa shape index (κ1) is 21.7. The van der Waals surface area contributed by atoms with Crippen LogP contribution >= 0.6 is 0 Å². The highest BCUT2D eigenvalue weighted by atomic mass is 16.8. The highest BCUT2D eigenvalue weighted by Crippen LogP contribution is 2.74. The molecule has 180 valence electrons. The van der Waals surface area contributed by atoms with Crippen molar-refractivity contribution < 1.29 is 38.0 Å². The maximum Gasteiger partial charge on any atom is 0.302 e. The molecule has 2 aliphatic carbocycles. The number of carbonyl (C=O) groups excluding carboxylic acids is 1. The molecule has 0 aromatic heterocycles. The van der Waals surface area contributed by atoms with Gasteiger partial charge < -0.3 is 33.2 Å². The Balaban J connectivity index is 1.41. The van der Waals surface area contributed by atoms with Gasteiger partial charge in [-0.15, -0.1) is 0 Å². The summed E-state index contributed by atoms with van der Waals surface area (Å²) in [5.74, 6) is 0.558. The summed E-state index contributed by atoms with van der Waals surface area (Å²) in [6.45, 7) is 6.81. The second kappa shape index (κ2) is 7.12. The molecule has 0 aromatic carbocycles. The van der Waals surface area contributed by atoms with Crippen molar-refractivity contribution >= 4 is 5.97 Å². The smallest absolute Gasteiger partial charge is 0.302 e. The molecule has 0 unspecified atom stereocenters. The minimum atomic E-state index is -0.541. The maximum atomic E-state index is 12.2. The third-order valence-electron chi connectivity index (χ3n) is 9.99. The van der Waals surface area contributed by atoms with Crippen LogP contribution in [0.25, 0.3) is 0 Å². The first-order chi connectivity index (χ1) is 15.3. The number of ether oxygens (including phenoxy) is 7. The van der Waals surface area contributed by atoms with Gasteiger partial charge >= 0.3 is 5.97 Å². The van der Waals surface area contributed by atoms with Gasteiger partial charge in [0.25, 0.3) is 0 Å². The highest BCUT2D eigenvalue weighted by molar-refractivity contribution is 5.66. The van der Waals surface area contributed by atoms with Gasteiger partial charge in [0.2, 0.25) is 0 Å². The molecule has 8 heteroatoms. The van der Waals surface area contributed by atoms with Crippen LogP contribution in [0.5, 0.6) is 0 Å². The lowest BCUT2D eigenvalue weighted by Crippen LogP contribution is -2.76. The molecule has 2 saturated carbocycles. The van der Waals surface area contributed by atoms with Gasteiger partial charge in [0.15, 0.2) is 18.9 Å². The van der Waals surface area contributed by atoms with E-state index in [1.165, 1.54) is 6.92 Å². The van der Waals surface area contributed by atoms with Crippen molar-refractivity contribution in [2.24, 2.45) is 28.6 Å². The molecule has 0 amide bonds. The lowest BCUT2D eigenvalue weighted by molar-refractivity contribution is -0.380. The molecule has 8 nitrogen and oxygen atoms in total. The van der Waals surface area contributed by atoms with E-state index in [1.54, 1.807) is 14.2 Å². The largest absolute Gasteiger partial charge is 0.462 e. The quantitative estimate of drug-likeness (QED) is 0.475. The van der Waals surface area contributed by atoms with Crippen molar-refractivity contribution in [1.82, 2.24) is 0 Å². The molecular formula is C24H36O8. The summed E-state index contributed by atoms with van der Waals surface area (Å²) in [5.41, 5.74) is -1.04. The van der Waals surface area contributed by atoms with Gasteiger partial charge in [-0.3, -0.25) is 4.79 Å². The average molecular weight is 453 g/mol. The second-order valence-electron chi connectivity index (χ2n) is 11.2. The molecule has 5 saturated heterocycles. The minimum Gasteiger partial charge on any atom is -0.462 e. The summed E-state index contributed by atoms with van der Waals surface area (Å²) >= 11 is 0. The first-order valence-electron chi connectivity index (χ1n) is 12.1. The predicted molar refractivity (Wildman–Crippen MR) is 110 cm³/mol. The Labute approximate surface area is 189 Å². The zero-order valence-corrected chi connectivity index (χ0v) is 19.7. The van der Waals surface area contributed by atoms with Gasteiger partial charge in [-0.2, -0.15) is 0 Å². The highest BCUT2D eigenvalue weighted by Gasteiger charge is 2.82. The van der Waals surface area contributed by atoms with Crippen LogP contribution in [0, 0.1) is 28.6 Å². The van der Waals surface area contributed by atoms with Gasteiger partial charge in [-0.25, -0.2) is 0 Å². The van der Waals surface area contributed by atoms with E-state index in [0.29, 0.717) is 12.5 Å². The van der Waals surface area contributed by atoms with Crippen molar-refractivity contribution in [3.8, 4) is 0 Å². The van der Waals surface area contributed by atoms with Gasteiger partial charge in [0, 0.05) is 45.3 Å². The van der Waals surface area contributed by atoms with Crippen LogP contribution in [0.2, 0.25) is 0 Å². The second-order valence-corrected chi connectivity index (χ2v) is 11.2. The van der Waals surface area contributed by atoms with Gasteiger partial charge in [-0.05, 0) is 31.1 Å². The van der Waals surface area contributed by atoms with Gasteiger partial charge in [-0.1, -0.05) is 13.8 Å². The number of epoxide rings is 1. The Morgan fingerprint density at radius 2 is 1.81 bits per heavy atom. The first-order valence-corrected chi connectivity index (χ1v) is 12.1. The summed E-state index contributed by atoms with van der Waals surface area (Å²) in [6, 6.07) is 0. The van der Waals surface area contributed by atoms with Crippen LogP contribution in [-0.4, -0.2) is 69.6 Å². The van der Waals surface area contributed by atoms with Crippen molar-refractivity contribution in [3.05, 3.63) is 0 Å². The molecule has 0 radical (unpaired) electrons. The Bertz CT molecular complexity index is 770. The van der Waals surface area contributed by atoms with Crippen LogP contribution in [0.4, 0.5) is 0 Å². The number of fused-ring (bicyclic) bond motifs is 2. The molecule has 7 aliphatic rings.